The molecular weight excluding hydrogens is 462 g/mol. The number of para-hydroxylation sites is 1. The quantitative estimate of drug-likeness (QED) is 0.388. The minimum absolute atomic E-state index is 0.210. The van der Waals surface area contributed by atoms with Crippen molar-refractivity contribution in [3.05, 3.63) is 36.0 Å². The first kappa shape index (κ1) is 26.7. The number of nitrogens with zero attached hydrogens (tertiary/aromatic N) is 4. The van der Waals surface area contributed by atoms with E-state index in [9.17, 15) is 14.4 Å². The zero-order valence-electron chi connectivity index (χ0n) is 20.0. The predicted octanol–water partition coefficient (Wildman–Crippen LogP) is 0.727. The second-order valence-corrected chi connectivity index (χ2v) is 8.94. The van der Waals surface area contributed by atoms with E-state index >= 15 is 0 Å². The number of primary amides is 1. The first-order valence-electron chi connectivity index (χ1n) is 11.9. The number of H-pyrrole nitrogens is 1. The van der Waals surface area contributed by atoms with Crippen LogP contribution in [0.15, 0.2) is 30.5 Å². The molecule has 11 heteroatoms. The van der Waals surface area contributed by atoms with Crippen LogP contribution >= 0.6 is 0 Å². The number of carbonyl (C=O) groups is 3. The summed E-state index contributed by atoms with van der Waals surface area (Å²) in [6, 6.07) is 10.2. The average molecular weight is 494 g/mol. The number of benzene rings is 1. The molecule has 2 amide bonds. The second kappa shape index (κ2) is 12.7. The van der Waals surface area contributed by atoms with Crippen LogP contribution in [0.1, 0.15) is 31.2 Å². The normalized spacial score (nSPS) is 20.6. The fourth-order valence-corrected chi connectivity index (χ4v) is 4.80. The number of nitrogens with two attached hydrogens (primary N) is 1. The highest BCUT2D eigenvalue weighted by molar-refractivity contribution is 5.90. The summed E-state index contributed by atoms with van der Waals surface area (Å²) in [4.78, 5) is 41.6. The number of aromatic amines is 1. The van der Waals surface area contributed by atoms with Gasteiger partial charge < -0.3 is 21.1 Å². The van der Waals surface area contributed by atoms with E-state index in [1.54, 1.807) is 4.90 Å². The number of rotatable bonds is 8. The van der Waals surface area contributed by atoms with E-state index in [1.807, 2.05) is 41.4 Å². The molecule has 3 atom stereocenters. The third-order valence-electron chi connectivity index (χ3n) is 6.62. The van der Waals surface area contributed by atoms with E-state index in [2.05, 4.69) is 16.4 Å². The SMILES string of the molecule is N#CCN1CCCC1C(=O)NC(Cc1c[nH]c2ccccc12)C(N)=O.N#CCN1CCCC1C(=O)O. The van der Waals surface area contributed by atoms with Gasteiger partial charge in [0.2, 0.25) is 11.8 Å². The van der Waals surface area contributed by atoms with Crippen LogP contribution in [0.2, 0.25) is 0 Å². The molecule has 2 aliphatic heterocycles. The number of carboxylic acids is 1. The fourth-order valence-electron chi connectivity index (χ4n) is 4.80. The summed E-state index contributed by atoms with van der Waals surface area (Å²) < 4.78 is 0. The van der Waals surface area contributed by atoms with Gasteiger partial charge in [0.1, 0.15) is 12.1 Å². The first-order valence-corrected chi connectivity index (χ1v) is 11.9. The summed E-state index contributed by atoms with van der Waals surface area (Å²) in [5.74, 6) is -1.61. The molecule has 3 unspecified atom stereocenters. The van der Waals surface area contributed by atoms with Crippen molar-refractivity contribution in [2.24, 2.45) is 5.73 Å². The predicted molar refractivity (Wildman–Crippen MR) is 131 cm³/mol. The molecule has 0 radical (unpaired) electrons. The molecule has 2 saturated heterocycles. The van der Waals surface area contributed by atoms with Crippen LogP contribution in [0, 0.1) is 22.7 Å². The highest BCUT2D eigenvalue weighted by Crippen LogP contribution is 2.20. The third kappa shape index (κ3) is 6.60. The summed E-state index contributed by atoms with van der Waals surface area (Å²) in [5, 5.41) is 29.6. The van der Waals surface area contributed by atoms with Gasteiger partial charge >= 0.3 is 5.97 Å². The fraction of sp³-hybridized carbons (Fsp3) is 0.480. The van der Waals surface area contributed by atoms with Crippen LogP contribution in [0.3, 0.4) is 0 Å². The number of carbonyl (C=O) groups excluding carboxylic acids is 2. The second-order valence-electron chi connectivity index (χ2n) is 8.94. The lowest BCUT2D eigenvalue weighted by molar-refractivity contribution is -0.141. The van der Waals surface area contributed by atoms with Gasteiger partial charge in [0.25, 0.3) is 0 Å². The smallest absolute Gasteiger partial charge is 0.320 e. The number of nitrogens with one attached hydrogen (secondary N) is 2. The van der Waals surface area contributed by atoms with Crippen molar-refractivity contribution in [1.29, 1.82) is 10.5 Å². The van der Waals surface area contributed by atoms with Gasteiger partial charge in [-0.1, -0.05) is 18.2 Å². The summed E-state index contributed by atoms with van der Waals surface area (Å²) in [7, 11) is 0. The lowest BCUT2D eigenvalue weighted by atomic mass is 10.0. The van der Waals surface area contributed by atoms with Gasteiger partial charge in [-0.25, -0.2) is 0 Å². The molecule has 1 aromatic carbocycles. The number of aromatic nitrogens is 1. The van der Waals surface area contributed by atoms with Crippen molar-refractivity contribution in [2.75, 3.05) is 26.2 Å². The number of aliphatic carboxylic acids is 1. The largest absolute Gasteiger partial charge is 0.480 e. The number of hydrogen-bond acceptors (Lipinski definition) is 7. The Bertz CT molecular complexity index is 1170. The van der Waals surface area contributed by atoms with Crippen molar-refractivity contribution in [3.8, 4) is 12.1 Å². The zero-order valence-corrected chi connectivity index (χ0v) is 20.0. The lowest BCUT2D eigenvalue weighted by Gasteiger charge is -2.23. The van der Waals surface area contributed by atoms with E-state index in [-0.39, 0.29) is 25.0 Å². The van der Waals surface area contributed by atoms with E-state index in [1.165, 1.54) is 0 Å². The van der Waals surface area contributed by atoms with Gasteiger partial charge in [-0.05, 0) is 37.3 Å². The standard InChI is InChI=1S/C18H21N5O2.C7H10N2O2/c19-7-9-23-8-3-6-16(23)18(25)22-15(17(20)24)10-12-11-21-14-5-2-1-4-13(12)14;8-3-5-9-4-1-2-6(9)7(10)11/h1-2,4-5,11,15-16,21H,3,6,8-10H2,(H2,20,24)(H,22,25);6H,1-2,4-5H2,(H,10,11). The summed E-state index contributed by atoms with van der Waals surface area (Å²) in [5.41, 5.74) is 7.41. The summed E-state index contributed by atoms with van der Waals surface area (Å²) in [6.07, 6.45) is 5.28. The minimum atomic E-state index is -0.808. The average Bonchev–Trinajstić information content (AvgIpc) is 3.60. The van der Waals surface area contributed by atoms with Crippen molar-refractivity contribution in [3.63, 3.8) is 0 Å². The molecule has 190 valence electrons. The highest BCUT2D eigenvalue weighted by atomic mass is 16.4. The Morgan fingerprint density at radius 3 is 2.31 bits per heavy atom. The number of carboxylic acid groups (broad SMARTS) is 1. The van der Waals surface area contributed by atoms with Crippen LogP contribution in [0.5, 0.6) is 0 Å². The Morgan fingerprint density at radius 2 is 1.69 bits per heavy atom. The molecule has 5 N–H and O–H groups in total. The third-order valence-corrected chi connectivity index (χ3v) is 6.62. The first-order chi connectivity index (χ1) is 17.3. The van der Waals surface area contributed by atoms with Crippen LogP contribution in [0.4, 0.5) is 0 Å². The van der Waals surface area contributed by atoms with Gasteiger partial charge in [0.05, 0.1) is 31.3 Å². The number of hydrogen-bond donors (Lipinski definition) is 4. The molecule has 11 nitrogen and oxygen atoms in total. The zero-order chi connectivity index (χ0) is 26.1. The van der Waals surface area contributed by atoms with E-state index < -0.39 is 24.0 Å². The molecule has 0 bridgehead atoms. The van der Waals surface area contributed by atoms with Gasteiger partial charge in [-0.2, -0.15) is 10.5 Å². The van der Waals surface area contributed by atoms with Gasteiger partial charge in [0.15, 0.2) is 0 Å². The van der Waals surface area contributed by atoms with Crippen molar-refractivity contribution < 1.29 is 19.5 Å². The number of amides is 2. The Labute approximate surface area is 209 Å². The highest BCUT2D eigenvalue weighted by Gasteiger charge is 2.33. The van der Waals surface area contributed by atoms with Gasteiger partial charge in [0, 0.05) is 36.6 Å². The maximum absolute atomic E-state index is 12.6. The van der Waals surface area contributed by atoms with E-state index in [0.29, 0.717) is 19.3 Å². The van der Waals surface area contributed by atoms with E-state index in [0.717, 1.165) is 42.4 Å². The van der Waals surface area contributed by atoms with Crippen LogP contribution in [0.25, 0.3) is 10.9 Å². The molecule has 4 rings (SSSR count). The molecule has 0 spiro atoms. The number of fused-ring (bicyclic) bond motifs is 1. The Hall–Kier alpha value is -3.93. The van der Waals surface area contributed by atoms with Gasteiger partial charge in [-0.15, -0.1) is 0 Å². The minimum Gasteiger partial charge on any atom is -0.480 e. The Morgan fingerprint density at radius 1 is 1.08 bits per heavy atom. The molecule has 3 heterocycles. The van der Waals surface area contributed by atoms with Crippen LogP contribution < -0.4 is 11.1 Å². The maximum atomic E-state index is 12.6. The molecule has 1 aromatic heterocycles. The van der Waals surface area contributed by atoms with Crippen molar-refractivity contribution >= 4 is 28.7 Å². The maximum Gasteiger partial charge on any atom is 0.320 e. The molecule has 0 aliphatic carbocycles. The van der Waals surface area contributed by atoms with Crippen LogP contribution in [-0.4, -0.2) is 82.0 Å². The molecule has 2 aliphatic rings. The molecular formula is C25H31N7O4. The Balaban J connectivity index is 0.000000275. The molecule has 2 fully saturated rings. The Kier molecular flexibility index (Phi) is 9.39. The van der Waals surface area contributed by atoms with Crippen molar-refractivity contribution in [2.45, 2.75) is 50.2 Å². The van der Waals surface area contributed by atoms with Crippen molar-refractivity contribution in [1.82, 2.24) is 20.1 Å². The topological polar surface area (TPSA) is 179 Å². The monoisotopic (exact) mass is 493 g/mol. The number of likely N-dealkylation sites (tertiary alicyclic amines) is 2. The van der Waals surface area contributed by atoms with Crippen LogP contribution in [-0.2, 0) is 20.8 Å². The van der Waals surface area contributed by atoms with Gasteiger partial charge in [-0.3, -0.25) is 24.2 Å². The molecule has 36 heavy (non-hydrogen) atoms. The summed E-state index contributed by atoms with van der Waals surface area (Å²) in [6.45, 7) is 1.90. The lowest BCUT2D eigenvalue weighted by Crippen LogP contribution is -2.52. The molecule has 2 aromatic rings. The number of nitriles is 2. The molecule has 0 saturated carbocycles. The summed E-state index contributed by atoms with van der Waals surface area (Å²) >= 11 is 0. The van der Waals surface area contributed by atoms with E-state index in [4.69, 9.17) is 21.4 Å².